The third-order valence-electron chi connectivity index (χ3n) is 11.5. The van der Waals surface area contributed by atoms with E-state index in [1.165, 1.54) is 18.6 Å². The van der Waals surface area contributed by atoms with Gasteiger partial charge in [-0.1, -0.05) is 74.1 Å². The van der Waals surface area contributed by atoms with Crippen LogP contribution in [-0.4, -0.2) is 86.9 Å². The van der Waals surface area contributed by atoms with Crippen molar-refractivity contribution in [3.63, 3.8) is 0 Å². The van der Waals surface area contributed by atoms with Crippen molar-refractivity contribution in [3.8, 4) is 0 Å². The second-order valence-corrected chi connectivity index (χ2v) is 16.9. The van der Waals surface area contributed by atoms with Gasteiger partial charge in [-0.05, 0) is 60.2 Å². The second kappa shape index (κ2) is 14.4. The molecule has 13 heteroatoms. The first-order chi connectivity index (χ1) is 23.5. The van der Waals surface area contributed by atoms with E-state index in [1.807, 2.05) is 34.6 Å². The molecule has 1 aliphatic heterocycles. The van der Waals surface area contributed by atoms with Crippen LogP contribution in [0.25, 0.3) is 0 Å². The molecule has 3 saturated carbocycles. The summed E-state index contributed by atoms with van der Waals surface area (Å²) < 4.78 is 0. The van der Waals surface area contributed by atoms with Crippen molar-refractivity contribution in [3.05, 3.63) is 24.3 Å². The molecule has 2 heterocycles. The van der Waals surface area contributed by atoms with Gasteiger partial charge < -0.3 is 26.2 Å². The first kappa shape index (κ1) is 37.4. The molecule has 5 rings (SSSR count). The topological polar surface area (TPSA) is 180 Å². The lowest BCUT2D eigenvalue weighted by atomic mass is 9.70. The molecule has 4 aliphatic rings. The summed E-state index contributed by atoms with van der Waals surface area (Å²) in [5.41, 5.74) is -1.42. The van der Waals surface area contributed by atoms with Gasteiger partial charge in [-0.25, -0.2) is 4.98 Å². The fourth-order valence-corrected chi connectivity index (χ4v) is 8.14. The maximum atomic E-state index is 14.6. The van der Waals surface area contributed by atoms with Crippen LogP contribution in [-0.2, 0) is 24.0 Å². The number of amides is 5. The fraction of sp³-hybridized carbons (Fsp3) is 0.730. The van der Waals surface area contributed by atoms with E-state index in [0.29, 0.717) is 19.4 Å². The zero-order chi connectivity index (χ0) is 36.6. The highest BCUT2D eigenvalue weighted by molar-refractivity contribution is 6.38. The lowest BCUT2D eigenvalue weighted by Gasteiger charge is -2.42. The standard InChI is InChI=1S/C37H55N7O6/c1-8-12-23(27(45)32(48)40-21-13-14-21)41-31(47)26-25-22(36(25,5)6)20-44(26)34(50)29(35(2,3)4)43-33(49)28(37(7)15-10-9-11-16-37)42-30(46)24-19-38-17-18-39-24/h17-19,21-23,25-26,28-29H,8-16,20H2,1-7H3,(H,40,48)(H,41,47)(H,42,46)(H,43,49)/t22-,23-,25-,26-,28+,29+/m0/s1. The Kier molecular flexibility index (Phi) is 10.7. The van der Waals surface area contributed by atoms with Crippen molar-refractivity contribution in [1.82, 2.24) is 36.1 Å². The normalized spacial score (nSPS) is 25.3. The molecule has 1 saturated heterocycles. The van der Waals surface area contributed by atoms with Gasteiger partial charge in [0.05, 0.1) is 12.2 Å². The van der Waals surface area contributed by atoms with E-state index in [9.17, 15) is 28.8 Å². The van der Waals surface area contributed by atoms with Gasteiger partial charge in [0.15, 0.2) is 0 Å². The van der Waals surface area contributed by atoms with Gasteiger partial charge in [0.1, 0.15) is 23.8 Å². The molecular formula is C37H55N7O6. The first-order valence-electron chi connectivity index (χ1n) is 18.3. The monoisotopic (exact) mass is 693 g/mol. The van der Waals surface area contributed by atoms with Crippen molar-refractivity contribution in [2.45, 2.75) is 136 Å². The number of hydrogen-bond donors (Lipinski definition) is 4. The number of carbonyl (C=O) groups excluding carboxylic acids is 6. The highest BCUT2D eigenvalue weighted by Crippen LogP contribution is 2.65. The Morgan fingerprint density at radius 1 is 0.960 bits per heavy atom. The second-order valence-electron chi connectivity index (χ2n) is 16.9. The van der Waals surface area contributed by atoms with Crippen LogP contribution in [0, 0.1) is 28.1 Å². The number of nitrogens with one attached hydrogen (secondary N) is 4. The maximum Gasteiger partial charge on any atom is 0.289 e. The molecule has 0 spiro atoms. The Hall–Kier alpha value is -3.90. The van der Waals surface area contributed by atoms with E-state index in [4.69, 9.17) is 0 Å². The molecule has 0 bridgehead atoms. The summed E-state index contributed by atoms with van der Waals surface area (Å²) in [6.07, 6.45) is 11.1. The molecule has 4 N–H and O–H groups in total. The number of nitrogens with zero attached hydrogens (tertiary/aromatic N) is 3. The number of piperidine rings is 1. The number of rotatable bonds is 13. The Labute approximate surface area is 295 Å². The van der Waals surface area contributed by atoms with Crippen LogP contribution in [0.4, 0.5) is 0 Å². The Morgan fingerprint density at radius 2 is 1.64 bits per heavy atom. The molecular weight excluding hydrogens is 638 g/mol. The van der Waals surface area contributed by atoms with Crippen LogP contribution in [0.3, 0.4) is 0 Å². The van der Waals surface area contributed by atoms with Crippen molar-refractivity contribution in [2.75, 3.05) is 6.54 Å². The number of ketones is 1. The van der Waals surface area contributed by atoms with E-state index in [2.05, 4.69) is 45.1 Å². The summed E-state index contributed by atoms with van der Waals surface area (Å²) in [4.78, 5) is 91.8. The van der Waals surface area contributed by atoms with E-state index < -0.39 is 70.3 Å². The zero-order valence-corrected chi connectivity index (χ0v) is 30.6. The average Bonchev–Trinajstić information content (AvgIpc) is 3.92. The summed E-state index contributed by atoms with van der Waals surface area (Å²) in [5, 5.41) is 11.5. The molecule has 3 aliphatic carbocycles. The van der Waals surface area contributed by atoms with Crippen molar-refractivity contribution < 1.29 is 28.8 Å². The minimum Gasteiger partial charge on any atom is -0.347 e. The molecule has 0 radical (unpaired) electrons. The van der Waals surface area contributed by atoms with Gasteiger partial charge in [-0.3, -0.25) is 33.8 Å². The lowest BCUT2D eigenvalue weighted by Crippen LogP contribution is -2.64. The Morgan fingerprint density at radius 3 is 2.22 bits per heavy atom. The van der Waals surface area contributed by atoms with Gasteiger partial charge in [-0.15, -0.1) is 0 Å². The summed E-state index contributed by atoms with van der Waals surface area (Å²) in [5.74, 6) is -3.31. The number of hydrogen-bond acceptors (Lipinski definition) is 8. The third-order valence-corrected chi connectivity index (χ3v) is 11.5. The molecule has 4 fully saturated rings. The molecule has 13 nitrogen and oxygen atoms in total. The summed E-state index contributed by atoms with van der Waals surface area (Å²) in [6, 6.07) is -3.83. The zero-order valence-electron chi connectivity index (χ0n) is 30.6. The molecule has 5 amide bonds. The Bertz CT molecular complexity index is 1480. The number of aromatic nitrogens is 2. The first-order valence-corrected chi connectivity index (χ1v) is 18.3. The van der Waals surface area contributed by atoms with E-state index >= 15 is 0 Å². The van der Waals surface area contributed by atoms with Gasteiger partial charge in [0, 0.05) is 25.0 Å². The lowest BCUT2D eigenvalue weighted by molar-refractivity contribution is -0.147. The van der Waals surface area contributed by atoms with E-state index in [0.717, 1.165) is 44.9 Å². The van der Waals surface area contributed by atoms with Crippen molar-refractivity contribution >= 4 is 35.3 Å². The van der Waals surface area contributed by atoms with E-state index in [-0.39, 0.29) is 29.0 Å². The van der Waals surface area contributed by atoms with Gasteiger partial charge in [-0.2, -0.15) is 0 Å². The number of fused-ring (bicyclic) bond motifs is 1. The number of carbonyl (C=O) groups is 6. The van der Waals surface area contributed by atoms with E-state index in [1.54, 1.807) is 4.90 Å². The SMILES string of the molecule is CCC[C@H](NC(=O)[C@@H]1[C@@H]2[C@H](CN1C(=O)[C@@H](NC(=O)[C@@H](NC(=O)c1cnccn1)C1(C)CCCCC1)C(C)(C)C)C2(C)C)C(=O)C(=O)NC1CC1. The number of Topliss-reactive ketones (excluding diaryl/α,β-unsaturated/α-hetero) is 1. The number of likely N-dealkylation sites (tertiary alicyclic amines) is 1. The molecule has 0 aromatic carbocycles. The predicted octanol–water partition coefficient (Wildman–Crippen LogP) is 2.69. The summed E-state index contributed by atoms with van der Waals surface area (Å²) >= 11 is 0. The molecule has 50 heavy (non-hydrogen) atoms. The van der Waals surface area contributed by atoms with Gasteiger partial charge in [0.2, 0.25) is 23.5 Å². The highest BCUT2D eigenvalue weighted by atomic mass is 16.2. The molecule has 1 aromatic rings. The van der Waals surface area contributed by atoms with Crippen LogP contribution >= 0.6 is 0 Å². The van der Waals surface area contributed by atoms with Crippen LogP contribution in [0.1, 0.15) is 117 Å². The van der Waals surface area contributed by atoms with Crippen LogP contribution in [0.5, 0.6) is 0 Å². The highest BCUT2D eigenvalue weighted by Gasteiger charge is 2.70. The summed E-state index contributed by atoms with van der Waals surface area (Å²) in [7, 11) is 0. The average molecular weight is 694 g/mol. The minimum absolute atomic E-state index is 0.00516. The van der Waals surface area contributed by atoms with Crippen LogP contribution in [0.15, 0.2) is 18.6 Å². The van der Waals surface area contributed by atoms with Gasteiger partial charge >= 0.3 is 0 Å². The Balaban J connectivity index is 1.38. The predicted molar refractivity (Wildman–Crippen MR) is 185 cm³/mol. The smallest absolute Gasteiger partial charge is 0.289 e. The molecule has 274 valence electrons. The largest absolute Gasteiger partial charge is 0.347 e. The molecule has 0 unspecified atom stereocenters. The van der Waals surface area contributed by atoms with Crippen molar-refractivity contribution in [2.24, 2.45) is 28.1 Å². The van der Waals surface area contributed by atoms with Gasteiger partial charge in [0.25, 0.3) is 11.8 Å². The van der Waals surface area contributed by atoms with Crippen LogP contribution < -0.4 is 21.3 Å². The molecule has 1 aromatic heterocycles. The summed E-state index contributed by atoms with van der Waals surface area (Å²) in [6.45, 7) is 13.9. The van der Waals surface area contributed by atoms with Crippen molar-refractivity contribution in [1.29, 1.82) is 0 Å². The third kappa shape index (κ3) is 7.86. The quantitative estimate of drug-likeness (QED) is 0.228. The maximum absolute atomic E-state index is 14.6. The fourth-order valence-electron chi connectivity index (χ4n) is 8.14. The van der Waals surface area contributed by atoms with Crippen LogP contribution in [0.2, 0.25) is 0 Å². The molecule has 6 atom stereocenters. The minimum atomic E-state index is -1.02.